The van der Waals surface area contributed by atoms with Crippen molar-refractivity contribution in [3.8, 4) is 0 Å². The Hall–Kier alpha value is -4.34. The highest BCUT2D eigenvalue weighted by atomic mass is 19.2. The molecule has 10 heteroatoms. The molecule has 0 aromatic heterocycles. The molecule has 0 radical (unpaired) electrons. The lowest BCUT2D eigenvalue weighted by atomic mass is 9.36. The van der Waals surface area contributed by atoms with Gasteiger partial charge in [0, 0.05) is 28.9 Å². The highest BCUT2D eigenvalue weighted by Crippen LogP contribution is 2.48. The summed E-state index contributed by atoms with van der Waals surface area (Å²) in [5.74, 6) is -15.3. The lowest BCUT2D eigenvalue weighted by molar-refractivity contribution is 0.450. The van der Waals surface area contributed by atoms with Crippen LogP contribution < -0.4 is 21.3 Å². The van der Waals surface area contributed by atoms with Gasteiger partial charge >= 0.3 is 0 Å². The minimum absolute atomic E-state index is 0.311. The Morgan fingerprint density at radius 3 is 1.62 bits per heavy atom. The van der Waals surface area contributed by atoms with Crippen LogP contribution in [-0.2, 0) is 0 Å². The van der Waals surface area contributed by atoms with E-state index in [2.05, 4.69) is 0 Å². The van der Waals surface area contributed by atoms with E-state index in [0.29, 0.717) is 16.6 Å². The number of hydrogen-bond donors (Lipinski definition) is 0. The van der Waals surface area contributed by atoms with E-state index in [4.69, 9.17) is 0 Å². The standard InChI is InChI=1S/C29H12BF8N/c1-39-13-10-6-5-9-12(13)30(11-7-3-2-4-8-11)20-16-14-15-18(22(32)21(31)17(14)23(33)27(20)37)24(34)28(38)25(35)19(15)26(36)29(16)39/h2-10H,1H3. The predicted octanol–water partition coefficient (Wildman–Crippen LogP) is 6.29. The molecule has 0 unspecified atom stereocenters. The highest BCUT2D eigenvalue weighted by Gasteiger charge is 2.41. The first-order valence-electron chi connectivity index (χ1n) is 11.8. The van der Waals surface area contributed by atoms with Crippen molar-refractivity contribution in [2.24, 2.45) is 0 Å². The number of halogens is 8. The third-order valence-electron chi connectivity index (χ3n) is 7.65. The largest absolute Gasteiger partial charge is 0.342 e. The summed E-state index contributed by atoms with van der Waals surface area (Å²) in [6.07, 6.45) is 0. The van der Waals surface area contributed by atoms with Crippen molar-refractivity contribution in [3.05, 3.63) is 101 Å². The normalized spacial score (nSPS) is 13.2. The predicted molar refractivity (Wildman–Crippen MR) is 135 cm³/mol. The minimum atomic E-state index is -2.23. The first kappa shape index (κ1) is 23.8. The Bertz CT molecular complexity index is 2030. The van der Waals surface area contributed by atoms with Gasteiger partial charge in [0.1, 0.15) is 0 Å². The highest BCUT2D eigenvalue weighted by molar-refractivity contribution is 6.98. The molecule has 7 rings (SSSR count). The molecule has 0 atom stereocenters. The fourth-order valence-electron chi connectivity index (χ4n) is 6.07. The van der Waals surface area contributed by atoms with Crippen LogP contribution in [0, 0.1) is 46.5 Å². The zero-order chi connectivity index (χ0) is 27.5. The molecule has 0 saturated heterocycles. The van der Waals surface area contributed by atoms with Crippen LogP contribution in [0.1, 0.15) is 0 Å². The summed E-state index contributed by atoms with van der Waals surface area (Å²) in [5.41, 5.74) is 0.206. The molecule has 192 valence electrons. The van der Waals surface area contributed by atoms with Crippen LogP contribution in [0.2, 0.25) is 0 Å². The number of anilines is 2. The van der Waals surface area contributed by atoms with Crippen LogP contribution in [-0.4, -0.2) is 13.8 Å². The molecular weight excluding hydrogens is 525 g/mol. The summed E-state index contributed by atoms with van der Waals surface area (Å²) in [5, 5.41) is -5.81. The smallest absolute Gasteiger partial charge is 0.248 e. The van der Waals surface area contributed by atoms with Crippen molar-refractivity contribution in [1.82, 2.24) is 0 Å². The number of nitrogens with zero attached hydrogens (tertiary/aromatic N) is 1. The maximum atomic E-state index is 16.4. The number of rotatable bonds is 1. The van der Waals surface area contributed by atoms with E-state index in [1.807, 2.05) is 0 Å². The lowest BCUT2D eigenvalue weighted by Crippen LogP contribution is -2.53. The molecule has 1 nitrogen and oxygen atoms in total. The lowest BCUT2D eigenvalue weighted by Gasteiger charge is -2.25. The zero-order valence-electron chi connectivity index (χ0n) is 19.7. The fourth-order valence-corrected chi connectivity index (χ4v) is 6.07. The van der Waals surface area contributed by atoms with Gasteiger partial charge in [-0.15, -0.1) is 0 Å². The molecule has 1 aliphatic rings. The minimum Gasteiger partial charge on any atom is -0.342 e. The number of benzene rings is 6. The maximum Gasteiger partial charge on any atom is 0.248 e. The van der Waals surface area contributed by atoms with Crippen LogP contribution in [0.25, 0.3) is 32.3 Å². The second kappa shape index (κ2) is 7.85. The summed E-state index contributed by atoms with van der Waals surface area (Å²) in [7, 11) is 1.37. The van der Waals surface area contributed by atoms with Crippen LogP contribution in [0.5, 0.6) is 0 Å². The van der Waals surface area contributed by atoms with E-state index in [9.17, 15) is 8.78 Å². The van der Waals surface area contributed by atoms with Crippen LogP contribution in [0.15, 0.2) is 54.6 Å². The topological polar surface area (TPSA) is 3.24 Å². The van der Waals surface area contributed by atoms with E-state index in [0.717, 1.165) is 0 Å². The van der Waals surface area contributed by atoms with Gasteiger partial charge in [-0.2, -0.15) is 0 Å². The molecule has 0 spiro atoms. The fraction of sp³-hybridized carbons (Fsp3) is 0.0345. The summed E-state index contributed by atoms with van der Waals surface area (Å²) >= 11 is 0. The van der Waals surface area contributed by atoms with Gasteiger partial charge in [-0.25, -0.2) is 35.1 Å². The number of fused-ring (bicyclic) bond motifs is 1. The first-order chi connectivity index (χ1) is 18.7. The van der Waals surface area contributed by atoms with E-state index < -0.39 is 96.7 Å². The average Bonchev–Trinajstić information content (AvgIpc) is 3.05. The van der Waals surface area contributed by atoms with E-state index >= 15 is 26.3 Å². The van der Waals surface area contributed by atoms with Crippen molar-refractivity contribution >= 4 is 66.8 Å². The Morgan fingerprint density at radius 2 is 0.974 bits per heavy atom. The summed E-state index contributed by atoms with van der Waals surface area (Å²) in [6.45, 7) is -1.09. The molecule has 39 heavy (non-hydrogen) atoms. The van der Waals surface area contributed by atoms with Crippen molar-refractivity contribution in [2.75, 3.05) is 11.9 Å². The van der Waals surface area contributed by atoms with Crippen LogP contribution >= 0.6 is 0 Å². The Labute approximate surface area is 215 Å². The molecule has 1 aliphatic heterocycles. The Balaban J connectivity index is 1.88. The monoisotopic (exact) mass is 537 g/mol. The van der Waals surface area contributed by atoms with Crippen molar-refractivity contribution in [3.63, 3.8) is 0 Å². The number of para-hydroxylation sites is 1. The second-order valence-electron chi connectivity index (χ2n) is 9.49. The summed E-state index contributed by atoms with van der Waals surface area (Å²) < 4.78 is 124. The van der Waals surface area contributed by atoms with Gasteiger partial charge in [0.15, 0.2) is 46.5 Å². The molecule has 6 aromatic rings. The SMILES string of the molecule is CN1c2ccccc2B(c2ccccc2)c2c(F)c(F)c3c(F)c(F)c4c(F)c(F)c(F)c5c(F)c1c2c3c45. The summed E-state index contributed by atoms with van der Waals surface area (Å²) in [6, 6.07) is 14.7. The van der Waals surface area contributed by atoms with Crippen molar-refractivity contribution in [1.29, 1.82) is 0 Å². The number of hydrogen-bond acceptors (Lipinski definition) is 1. The van der Waals surface area contributed by atoms with Gasteiger partial charge in [0.05, 0.1) is 21.8 Å². The van der Waals surface area contributed by atoms with E-state index in [1.165, 1.54) is 11.9 Å². The molecular formula is C29H12BF8N. The molecule has 0 bridgehead atoms. The molecule has 6 aromatic carbocycles. The van der Waals surface area contributed by atoms with Crippen LogP contribution in [0.4, 0.5) is 46.5 Å². The first-order valence-corrected chi connectivity index (χ1v) is 11.8. The Kier molecular flexibility index (Phi) is 4.78. The molecule has 0 fully saturated rings. The molecule has 0 amide bonds. The molecule has 0 N–H and O–H groups in total. The van der Waals surface area contributed by atoms with Gasteiger partial charge in [-0.1, -0.05) is 54.0 Å². The third kappa shape index (κ3) is 2.76. The van der Waals surface area contributed by atoms with Crippen molar-refractivity contribution in [2.45, 2.75) is 0 Å². The Morgan fingerprint density at radius 1 is 0.487 bits per heavy atom. The second-order valence-corrected chi connectivity index (χ2v) is 9.49. The van der Waals surface area contributed by atoms with E-state index in [-0.39, 0.29) is 0 Å². The van der Waals surface area contributed by atoms with Gasteiger partial charge in [0.2, 0.25) is 6.71 Å². The molecule has 1 heterocycles. The molecule has 0 saturated carbocycles. The maximum absolute atomic E-state index is 16.4. The average molecular weight is 537 g/mol. The van der Waals surface area contributed by atoms with Crippen LogP contribution in [0.3, 0.4) is 0 Å². The summed E-state index contributed by atoms with van der Waals surface area (Å²) in [4.78, 5) is 1.24. The third-order valence-corrected chi connectivity index (χ3v) is 7.65. The van der Waals surface area contributed by atoms with Gasteiger partial charge in [-0.05, 0) is 17.0 Å². The van der Waals surface area contributed by atoms with Crippen molar-refractivity contribution < 1.29 is 35.1 Å². The van der Waals surface area contributed by atoms with Gasteiger partial charge in [-0.3, -0.25) is 0 Å². The zero-order valence-corrected chi connectivity index (χ0v) is 19.7. The van der Waals surface area contributed by atoms with E-state index in [1.54, 1.807) is 54.6 Å². The molecule has 0 aliphatic carbocycles. The van der Waals surface area contributed by atoms with Gasteiger partial charge < -0.3 is 4.90 Å². The van der Waals surface area contributed by atoms with Gasteiger partial charge in [0.25, 0.3) is 0 Å². The quantitative estimate of drug-likeness (QED) is 0.103.